The number of fused-ring (bicyclic) bond motifs is 1. The van der Waals surface area contributed by atoms with Crippen molar-refractivity contribution in [1.82, 2.24) is 0 Å². The van der Waals surface area contributed by atoms with Crippen LogP contribution in [0.3, 0.4) is 0 Å². The first kappa shape index (κ1) is 13.3. The van der Waals surface area contributed by atoms with E-state index in [0.29, 0.717) is 12.2 Å². The lowest BCUT2D eigenvalue weighted by atomic mass is 9.95. The summed E-state index contributed by atoms with van der Waals surface area (Å²) in [5.74, 6) is 0.579. The average molecular weight is 260 g/mol. The molecule has 1 nitrogen and oxygen atoms in total. The first-order valence-corrected chi connectivity index (χ1v) is 7.58. The number of ketones is 1. The summed E-state index contributed by atoms with van der Waals surface area (Å²) < 4.78 is 1.28. The Morgan fingerprint density at radius 3 is 2.89 bits per heavy atom. The van der Waals surface area contributed by atoms with Crippen molar-refractivity contribution in [3.05, 3.63) is 35.2 Å². The van der Waals surface area contributed by atoms with E-state index in [9.17, 15) is 4.79 Å². The van der Waals surface area contributed by atoms with Crippen LogP contribution in [0, 0.1) is 5.92 Å². The Balaban J connectivity index is 2.07. The van der Waals surface area contributed by atoms with Gasteiger partial charge in [-0.15, -0.1) is 11.3 Å². The second-order valence-electron chi connectivity index (χ2n) is 4.94. The van der Waals surface area contributed by atoms with Crippen LogP contribution in [-0.2, 0) is 11.2 Å². The number of Topliss-reactive ketones (excluding diaryl/α,β-unsaturated/α-hetero) is 1. The molecule has 0 saturated carbocycles. The lowest BCUT2D eigenvalue weighted by Crippen LogP contribution is -2.13. The Labute approximate surface area is 113 Å². The summed E-state index contributed by atoms with van der Waals surface area (Å²) in [6.45, 7) is 4.23. The zero-order chi connectivity index (χ0) is 13.0. The predicted octanol–water partition coefficient (Wildman–Crippen LogP) is 4.84. The van der Waals surface area contributed by atoms with Gasteiger partial charge in [0.15, 0.2) is 0 Å². The molecule has 96 valence electrons. The Morgan fingerprint density at radius 1 is 1.33 bits per heavy atom. The maximum Gasteiger partial charge on any atom is 0.140 e. The highest BCUT2D eigenvalue weighted by atomic mass is 32.1. The number of thiophene rings is 1. The highest BCUT2D eigenvalue weighted by Crippen LogP contribution is 2.27. The third-order valence-electron chi connectivity index (χ3n) is 3.47. The molecular formula is C16H20OS. The van der Waals surface area contributed by atoms with Crippen LogP contribution in [0.2, 0.25) is 0 Å². The minimum atomic E-state index is 0.198. The molecule has 1 atom stereocenters. The van der Waals surface area contributed by atoms with E-state index in [1.807, 2.05) is 12.1 Å². The maximum atomic E-state index is 12.2. The normalized spacial score (nSPS) is 12.8. The van der Waals surface area contributed by atoms with Gasteiger partial charge in [-0.3, -0.25) is 4.79 Å². The molecule has 0 aliphatic heterocycles. The van der Waals surface area contributed by atoms with E-state index in [4.69, 9.17) is 0 Å². The molecule has 1 aromatic carbocycles. The van der Waals surface area contributed by atoms with Crippen molar-refractivity contribution >= 4 is 27.2 Å². The molecule has 0 aliphatic rings. The van der Waals surface area contributed by atoms with Gasteiger partial charge in [-0.25, -0.2) is 0 Å². The zero-order valence-electron chi connectivity index (χ0n) is 11.1. The summed E-state index contributed by atoms with van der Waals surface area (Å²) in [4.78, 5) is 12.2. The molecule has 1 heterocycles. The van der Waals surface area contributed by atoms with Gasteiger partial charge in [0.25, 0.3) is 0 Å². The van der Waals surface area contributed by atoms with Gasteiger partial charge in [-0.1, -0.05) is 44.9 Å². The second-order valence-corrected chi connectivity index (χ2v) is 5.85. The van der Waals surface area contributed by atoms with Crippen molar-refractivity contribution in [2.24, 2.45) is 5.92 Å². The topological polar surface area (TPSA) is 17.1 Å². The molecular weight excluding hydrogens is 240 g/mol. The van der Waals surface area contributed by atoms with Gasteiger partial charge in [-0.05, 0) is 28.8 Å². The monoisotopic (exact) mass is 260 g/mol. The fraction of sp³-hybridized carbons (Fsp3) is 0.438. The van der Waals surface area contributed by atoms with E-state index < -0.39 is 0 Å². The molecule has 2 heteroatoms. The van der Waals surface area contributed by atoms with Gasteiger partial charge in [0, 0.05) is 17.0 Å². The fourth-order valence-corrected chi connectivity index (χ4v) is 3.17. The van der Waals surface area contributed by atoms with E-state index in [-0.39, 0.29) is 5.92 Å². The number of unbranched alkanes of at least 4 members (excludes halogenated alkanes) is 1. The molecule has 18 heavy (non-hydrogen) atoms. The van der Waals surface area contributed by atoms with Crippen LogP contribution in [0.15, 0.2) is 29.6 Å². The molecule has 0 aliphatic carbocycles. The first-order chi connectivity index (χ1) is 8.72. The van der Waals surface area contributed by atoms with E-state index in [2.05, 4.69) is 31.4 Å². The van der Waals surface area contributed by atoms with Crippen LogP contribution in [0.1, 0.15) is 38.7 Å². The van der Waals surface area contributed by atoms with Crippen molar-refractivity contribution in [1.29, 1.82) is 0 Å². The van der Waals surface area contributed by atoms with Gasteiger partial charge in [0.2, 0.25) is 0 Å². The third-order valence-corrected chi connectivity index (χ3v) is 4.48. The Morgan fingerprint density at radius 2 is 2.11 bits per heavy atom. The largest absolute Gasteiger partial charge is 0.299 e. The van der Waals surface area contributed by atoms with E-state index >= 15 is 0 Å². The van der Waals surface area contributed by atoms with Crippen LogP contribution in [0.25, 0.3) is 10.1 Å². The fourth-order valence-electron chi connectivity index (χ4n) is 2.20. The van der Waals surface area contributed by atoms with Gasteiger partial charge in [0.05, 0.1) is 0 Å². The van der Waals surface area contributed by atoms with Gasteiger partial charge in [-0.2, -0.15) is 0 Å². The van der Waals surface area contributed by atoms with Gasteiger partial charge >= 0.3 is 0 Å². The van der Waals surface area contributed by atoms with Crippen LogP contribution < -0.4 is 0 Å². The third kappa shape index (κ3) is 2.99. The number of carbonyl (C=O) groups excluding carboxylic acids is 1. The predicted molar refractivity (Wildman–Crippen MR) is 79.2 cm³/mol. The summed E-state index contributed by atoms with van der Waals surface area (Å²) in [5, 5.41) is 3.38. The van der Waals surface area contributed by atoms with Crippen LogP contribution in [0.4, 0.5) is 0 Å². The van der Waals surface area contributed by atoms with Crippen molar-refractivity contribution in [3.63, 3.8) is 0 Å². The summed E-state index contributed by atoms with van der Waals surface area (Å²) >= 11 is 1.73. The summed E-state index contributed by atoms with van der Waals surface area (Å²) in [7, 11) is 0. The summed E-state index contributed by atoms with van der Waals surface area (Å²) in [6.07, 6.45) is 3.93. The van der Waals surface area contributed by atoms with Gasteiger partial charge < -0.3 is 0 Å². The van der Waals surface area contributed by atoms with Crippen molar-refractivity contribution in [2.45, 2.75) is 39.5 Å². The van der Waals surface area contributed by atoms with Gasteiger partial charge in [0.1, 0.15) is 5.78 Å². The van der Waals surface area contributed by atoms with Crippen molar-refractivity contribution < 1.29 is 4.79 Å². The van der Waals surface area contributed by atoms with Crippen LogP contribution in [-0.4, -0.2) is 5.78 Å². The van der Waals surface area contributed by atoms with Crippen LogP contribution >= 0.6 is 11.3 Å². The van der Waals surface area contributed by atoms with Crippen LogP contribution in [0.5, 0.6) is 0 Å². The molecule has 2 rings (SSSR count). The average Bonchev–Trinajstić information content (AvgIpc) is 2.79. The number of hydrogen-bond donors (Lipinski definition) is 0. The number of hydrogen-bond acceptors (Lipinski definition) is 2. The van der Waals surface area contributed by atoms with E-state index in [1.165, 1.54) is 22.1 Å². The minimum absolute atomic E-state index is 0.198. The molecule has 0 radical (unpaired) electrons. The molecule has 2 aromatic rings. The van der Waals surface area contributed by atoms with E-state index in [1.54, 1.807) is 11.3 Å². The van der Waals surface area contributed by atoms with Crippen molar-refractivity contribution in [2.75, 3.05) is 0 Å². The molecule has 0 saturated heterocycles. The summed E-state index contributed by atoms with van der Waals surface area (Å²) in [5.41, 5.74) is 1.20. The molecule has 0 spiro atoms. The SMILES string of the molecule is CCCCC(C)C(=O)Cc1csc2ccccc12. The molecule has 0 fully saturated rings. The number of rotatable bonds is 6. The standard InChI is InChI=1S/C16H20OS/c1-3-4-7-12(2)15(17)10-13-11-18-16-9-6-5-8-14(13)16/h5-6,8-9,11-12H,3-4,7,10H2,1-2H3. The van der Waals surface area contributed by atoms with Crippen molar-refractivity contribution in [3.8, 4) is 0 Å². The molecule has 0 N–H and O–H groups in total. The molecule has 1 unspecified atom stereocenters. The Kier molecular flexibility index (Phi) is 4.54. The quantitative estimate of drug-likeness (QED) is 0.726. The lowest BCUT2D eigenvalue weighted by Gasteiger charge is -2.09. The molecule has 0 bridgehead atoms. The second kappa shape index (κ2) is 6.14. The lowest BCUT2D eigenvalue weighted by molar-refractivity contribution is -0.121. The smallest absolute Gasteiger partial charge is 0.140 e. The zero-order valence-corrected chi connectivity index (χ0v) is 11.9. The Hall–Kier alpha value is -1.15. The summed E-state index contributed by atoms with van der Waals surface area (Å²) in [6, 6.07) is 8.33. The molecule has 1 aromatic heterocycles. The maximum absolute atomic E-state index is 12.2. The highest BCUT2D eigenvalue weighted by molar-refractivity contribution is 7.17. The highest BCUT2D eigenvalue weighted by Gasteiger charge is 2.14. The number of carbonyl (C=O) groups is 1. The Bertz CT molecular complexity index is 527. The minimum Gasteiger partial charge on any atom is -0.299 e. The first-order valence-electron chi connectivity index (χ1n) is 6.70. The number of benzene rings is 1. The molecule has 0 amide bonds. The van der Waals surface area contributed by atoms with E-state index in [0.717, 1.165) is 12.8 Å².